The summed E-state index contributed by atoms with van der Waals surface area (Å²) in [4.78, 5) is 2.34. The van der Waals surface area contributed by atoms with Crippen LogP contribution in [0, 0.1) is 0 Å². The van der Waals surface area contributed by atoms with E-state index in [1.807, 2.05) is 0 Å². The van der Waals surface area contributed by atoms with Gasteiger partial charge in [0.05, 0.1) is 0 Å². The summed E-state index contributed by atoms with van der Waals surface area (Å²) >= 11 is 0. The molecule has 1 saturated heterocycles. The Hall–Kier alpha value is -0.170. The second kappa shape index (κ2) is 5.95. The van der Waals surface area contributed by atoms with Gasteiger partial charge in [-0.05, 0) is 25.9 Å². The summed E-state index contributed by atoms with van der Waals surface area (Å²) in [5.74, 6) is 0. The molecule has 16 heavy (non-hydrogen) atoms. The standard InChI is InChI=1S/C10H23N3O2S/c1-11(2)16(14,15)12(3)9-10-13-7-5-4-6-8-13/h4-10H2,1-3H3. The van der Waals surface area contributed by atoms with E-state index in [1.165, 1.54) is 27.9 Å². The monoisotopic (exact) mass is 249 g/mol. The molecule has 0 spiro atoms. The van der Waals surface area contributed by atoms with Crippen molar-refractivity contribution in [3.8, 4) is 0 Å². The van der Waals surface area contributed by atoms with Gasteiger partial charge in [-0.2, -0.15) is 17.0 Å². The highest BCUT2D eigenvalue weighted by atomic mass is 32.2. The number of likely N-dealkylation sites (N-methyl/N-ethyl adjacent to an activating group) is 1. The van der Waals surface area contributed by atoms with Crippen LogP contribution in [-0.2, 0) is 10.2 Å². The van der Waals surface area contributed by atoms with Crippen LogP contribution in [0.15, 0.2) is 0 Å². The van der Waals surface area contributed by atoms with E-state index < -0.39 is 10.2 Å². The van der Waals surface area contributed by atoms with Crippen molar-refractivity contribution in [2.75, 3.05) is 47.3 Å². The Kier molecular flexibility index (Phi) is 5.17. The SMILES string of the molecule is CN(C)S(=O)(=O)N(C)CCN1CCCCC1. The summed E-state index contributed by atoms with van der Waals surface area (Å²) in [7, 11) is 1.52. The third-order valence-electron chi connectivity index (χ3n) is 3.04. The normalized spacial score (nSPS) is 19.6. The molecule has 1 rings (SSSR count). The van der Waals surface area contributed by atoms with E-state index in [1.54, 1.807) is 21.1 Å². The molecule has 6 heteroatoms. The highest BCUT2D eigenvalue weighted by Gasteiger charge is 2.21. The predicted molar refractivity (Wildman–Crippen MR) is 65.5 cm³/mol. The lowest BCUT2D eigenvalue weighted by Crippen LogP contribution is -2.42. The molecule has 0 bridgehead atoms. The van der Waals surface area contributed by atoms with E-state index in [0.717, 1.165) is 19.6 Å². The number of hydrogen-bond acceptors (Lipinski definition) is 3. The minimum absolute atomic E-state index is 0.570. The van der Waals surface area contributed by atoms with Crippen molar-refractivity contribution in [3.63, 3.8) is 0 Å². The van der Waals surface area contributed by atoms with E-state index in [0.29, 0.717) is 6.54 Å². The molecule has 0 aliphatic carbocycles. The molecule has 0 radical (unpaired) electrons. The van der Waals surface area contributed by atoms with Gasteiger partial charge >= 0.3 is 0 Å². The van der Waals surface area contributed by atoms with Crippen LogP contribution in [0.2, 0.25) is 0 Å². The molecule has 5 nitrogen and oxygen atoms in total. The van der Waals surface area contributed by atoms with Crippen molar-refractivity contribution in [1.82, 2.24) is 13.5 Å². The zero-order valence-corrected chi connectivity index (χ0v) is 11.3. The van der Waals surface area contributed by atoms with Gasteiger partial charge < -0.3 is 4.90 Å². The van der Waals surface area contributed by atoms with Crippen molar-refractivity contribution >= 4 is 10.2 Å². The Morgan fingerprint density at radius 2 is 1.62 bits per heavy atom. The summed E-state index contributed by atoms with van der Waals surface area (Å²) in [6.45, 7) is 3.62. The van der Waals surface area contributed by atoms with Gasteiger partial charge in [-0.1, -0.05) is 6.42 Å². The lowest BCUT2D eigenvalue weighted by atomic mass is 10.1. The number of hydrogen-bond donors (Lipinski definition) is 0. The first-order chi connectivity index (χ1) is 7.44. The lowest BCUT2D eigenvalue weighted by Gasteiger charge is -2.29. The molecule has 0 unspecified atom stereocenters. The molecule has 0 aromatic heterocycles. The van der Waals surface area contributed by atoms with Crippen LogP contribution in [-0.4, -0.2) is 69.3 Å². The Balaban J connectivity index is 2.37. The van der Waals surface area contributed by atoms with E-state index in [-0.39, 0.29) is 0 Å². The molecule has 0 saturated carbocycles. The number of nitrogens with zero attached hydrogens (tertiary/aromatic N) is 3. The van der Waals surface area contributed by atoms with Gasteiger partial charge in [0.15, 0.2) is 0 Å². The van der Waals surface area contributed by atoms with Crippen LogP contribution in [0.3, 0.4) is 0 Å². The molecule has 0 amide bonds. The largest absolute Gasteiger partial charge is 0.302 e. The van der Waals surface area contributed by atoms with Crippen molar-refractivity contribution in [1.29, 1.82) is 0 Å². The zero-order chi connectivity index (χ0) is 12.2. The third-order valence-corrected chi connectivity index (χ3v) is 4.93. The highest BCUT2D eigenvalue weighted by Crippen LogP contribution is 2.09. The summed E-state index contributed by atoms with van der Waals surface area (Å²) < 4.78 is 26.1. The van der Waals surface area contributed by atoms with Crippen molar-refractivity contribution in [2.45, 2.75) is 19.3 Å². The van der Waals surface area contributed by atoms with Gasteiger partial charge in [0, 0.05) is 34.2 Å². The van der Waals surface area contributed by atoms with Crippen LogP contribution < -0.4 is 0 Å². The first-order valence-electron chi connectivity index (χ1n) is 5.81. The topological polar surface area (TPSA) is 43.9 Å². The zero-order valence-electron chi connectivity index (χ0n) is 10.5. The quantitative estimate of drug-likeness (QED) is 0.699. The molecular weight excluding hydrogens is 226 g/mol. The average Bonchev–Trinajstić information content (AvgIpc) is 2.27. The van der Waals surface area contributed by atoms with Crippen LogP contribution in [0.1, 0.15) is 19.3 Å². The second-order valence-electron chi connectivity index (χ2n) is 4.51. The van der Waals surface area contributed by atoms with Gasteiger partial charge in [0.2, 0.25) is 0 Å². The Bertz CT molecular complexity index is 297. The van der Waals surface area contributed by atoms with Gasteiger partial charge in [0.1, 0.15) is 0 Å². The Morgan fingerprint density at radius 3 is 2.12 bits per heavy atom. The number of rotatable bonds is 5. The first kappa shape index (κ1) is 13.9. The van der Waals surface area contributed by atoms with E-state index in [2.05, 4.69) is 4.90 Å². The van der Waals surface area contributed by atoms with Crippen LogP contribution in [0.4, 0.5) is 0 Å². The van der Waals surface area contributed by atoms with Crippen LogP contribution in [0.5, 0.6) is 0 Å². The van der Waals surface area contributed by atoms with Crippen LogP contribution in [0.25, 0.3) is 0 Å². The van der Waals surface area contributed by atoms with Crippen molar-refractivity contribution in [2.24, 2.45) is 0 Å². The summed E-state index contributed by atoms with van der Waals surface area (Å²) in [6, 6.07) is 0. The minimum atomic E-state index is -3.24. The molecule has 0 atom stereocenters. The second-order valence-corrected chi connectivity index (χ2v) is 6.76. The van der Waals surface area contributed by atoms with Crippen molar-refractivity contribution in [3.05, 3.63) is 0 Å². The van der Waals surface area contributed by atoms with Gasteiger partial charge in [-0.3, -0.25) is 0 Å². The van der Waals surface area contributed by atoms with E-state index >= 15 is 0 Å². The molecule has 96 valence electrons. The van der Waals surface area contributed by atoms with Gasteiger partial charge in [-0.25, -0.2) is 0 Å². The maximum atomic E-state index is 11.7. The Morgan fingerprint density at radius 1 is 1.06 bits per heavy atom. The minimum Gasteiger partial charge on any atom is -0.302 e. The average molecular weight is 249 g/mol. The number of likely N-dealkylation sites (tertiary alicyclic amines) is 1. The smallest absolute Gasteiger partial charge is 0.281 e. The fourth-order valence-corrected chi connectivity index (χ4v) is 2.73. The summed E-state index contributed by atoms with van der Waals surface area (Å²) in [5, 5.41) is 0. The van der Waals surface area contributed by atoms with E-state index in [4.69, 9.17) is 0 Å². The Labute approximate surface area is 99.2 Å². The van der Waals surface area contributed by atoms with Gasteiger partial charge in [-0.15, -0.1) is 0 Å². The third kappa shape index (κ3) is 3.69. The molecule has 1 aliphatic heterocycles. The molecule has 0 aromatic carbocycles. The fraction of sp³-hybridized carbons (Fsp3) is 1.00. The maximum absolute atomic E-state index is 11.7. The van der Waals surface area contributed by atoms with Gasteiger partial charge in [0.25, 0.3) is 10.2 Å². The number of piperidine rings is 1. The molecular formula is C10H23N3O2S. The van der Waals surface area contributed by atoms with E-state index in [9.17, 15) is 8.42 Å². The summed E-state index contributed by atoms with van der Waals surface area (Å²) in [6.07, 6.45) is 3.79. The lowest BCUT2D eigenvalue weighted by molar-refractivity contribution is 0.216. The first-order valence-corrected chi connectivity index (χ1v) is 7.20. The molecule has 0 aromatic rings. The maximum Gasteiger partial charge on any atom is 0.281 e. The molecule has 1 fully saturated rings. The summed E-state index contributed by atoms with van der Waals surface area (Å²) in [5.41, 5.74) is 0. The fourth-order valence-electron chi connectivity index (χ4n) is 1.86. The van der Waals surface area contributed by atoms with Crippen molar-refractivity contribution < 1.29 is 8.42 Å². The molecule has 0 N–H and O–H groups in total. The molecule has 1 aliphatic rings. The molecule has 1 heterocycles. The van der Waals surface area contributed by atoms with Crippen LogP contribution >= 0.6 is 0 Å². The predicted octanol–water partition coefficient (Wildman–Crippen LogP) is 0.211. The highest BCUT2D eigenvalue weighted by molar-refractivity contribution is 7.86.